The Balaban J connectivity index is 1.59. The van der Waals surface area contributed by atoms with Crippen molar-refractivity contribution >= 4 is 17.9 Å². The summed E-state index contributed by atoms with van der Waals surface area (Å²) in [5, 5.41) is 2.78. The van der Waals surface area contributed by atoms with Gasteiger partial charge in [0, 0.05) is 17.7 Å². The Morgan fingerprint density at radius 3 is 2.70 bits per heavy atom. The highest BCUT2D eigenvalue weighted by Gasteiger charge is 2.35. The molecule has 0 saturated carbocycles. The van der Waals surface area contributed by atoms with Crippen molar-refractivity contribution < 1.29 is 14.3 Å². The van der Waals surface area contributed by atoms with Crippen LogP contribution in [0.4, 0.5) is 10.7 Å². The number of carbonyl (C=O) groups excluding carboxylic acids is 2. The van der Waals surface area contributed by atoms with E-state index in [1.54, 1.807) is 6.20 Å². The summed E-state index contributed by atoms with van der Waals surface area (Å²) in [4.78, 5) is 33.9. The number of carbonyl (C=O) groups is 2. The predicted octanol–water partition coefficient (Wildman–Crippen LogP) is 3.45. The Hall–Kier alpha value is -2.83. The van der Waals surface area contributed by atoms with E-state index < -0.39 is 12.1 Å². The van der Waals surface area contributed by atoms with E-state index in [1.807, 2.05) is 30.3 Å². The Morgan fingerprint density at radius 1 is 1.30 bits per heavy atom. The van der Waals surface area contributed by atoms with Crippen molar-refractivity contribution in [3.8, 4) is 0 Å². The van der Waals surface area contributed by atoms with Crippen molar-refractivity contribution in [2.45, 2.75) is 51.7 Å². The number of likely N-dealkylation sites (tertiary alicyclic amines) is 1. The molecule has 7 heteroatoms. The zero-order valence-electron chi connectivity index (χ0n) is 16.0. The first-order valence-electron chi connectivity index (χ1n) is 9.18. The lowest BCUT2D eigenvalue weighted by Crippen LogP contribution is -2.43. The number of anilines is 1. The van der Waals surface area contributed by atoms with Gasteiger partial charge in [0.15, 0.2) is 0 Å². The summed E-state index contributed by atoms with van der Waals surface area (Å²) in [5.41, 5.74) is 1.76. The van der Waals surface area contributed by atoms with E-state index in [2.05, 4.69) is 36.1 Å². The summed E-state index contributed by atoms with van der Waals surface area (Å²) in [6.07, 6.45) is 2.63. The number of hydrogen-bond donors (Lipinski definition) is 2. The molecule has 2 heterocycles. The number of aromatic nitrogens is 2. The quantitative estimate of drug-likeness (QED) is 0.863. The topological polar surface area (TPSA) is 87.3 Å². The number of hydrogen-bond acceptors (Lipinski definition) is 4. The maximum absolute atomic E-state index is 12.6. The van der Waals surface area contributed by atoms with Gasteiger partial charge < -0.3 is 9.72 Å². The molecule has 7 nitrogen and oxygen atoms in total. The van der Waals surface area contributed by atoms with E-state index in [9.17, 15) is 9.59 Å². The van der Waals surface area contributed by atoms with Crippen LogP contribution in [-0.2, 0) is 21.6 Å². The van der Waals surface area contributed by atoms with Crippen molar-refractivity contribution in [1.82, 2.24) is 14.9 Å². The van der Waals surface area contributed by atoms with Crippen molar-refractivity contribution in [3.05, 3.63) is 47.8 Å². The Labute approximate surface area is 159 Å². The first kappa shape index (κ1) is 18.9. The van der Waals surface area contributed by atoms with Gasteiger partial charge in [-0.1, -0.05) is 51.1 Å². The number of nitrogens with zero attached hydrogens (tertiary/aromatic N) is 2. The van der Waals surface area contributed by atoms with Gasteiger partial charge in [0.1, 0.15) is 12.6 Å². The van der Waals surface area contributed by atoms with Gasteiger partial charge in [0.25, 0.3) is 0 Å². The number of amides is 2. The second kappa shape index (κ2) is 7.82. The van der Waals surface area contributed by atoms with E-state index >= 15 is 0 Å². The normalized spacial score (nSPS) is 17.0. The molecule has 3 rings (SSSR count). The van der Waals surface area contributed by atoms with Crippen molar-refractivity contribution in [1.29, 1.82) is 0 Å². The predicted molar refractivity (Wildman–Crippen MR) is 102 cm³/mol. The highest BCUT2D eigenvalue weighted by molar-refractivity contribution is 5.95. The highest BCUT2D eigenvalue weighted by Crippen LogP contribution is 2.23. The minimum absolute atomic E-state index is 0.0867. The Morgan fingerprint density at radius 2 is 2.04 bits per heavy atom. The van der Waals surface area contributed by atoms with Crippen LogP contribution >= 0.6 is 0 Å². The number of nitrogens with one attached hydrogen (secondary N) is 2. The standard InChI is InChI=1S/C20H26N4O3/c1-20(2,3)16-12-21-18(22-16)23-17(25)15-10-7-11-24(15)19(26)27-13-14-8-5-4-6-9-14/h4-6,8-9,12,15H,7,10-11,13H2,1-3H3,(H2,21,22,23,25). The fraction of sp³-hybridized carbons (Fsp3) is 0.450. The second-order valence-electron chi connectivity index (χ2n) is 7.78. The van der Waals surface area contributed by atoms with Crippen molar-refractivity contribution in [2.24, 2.45) is 0 Å². The van der Waals surface area contributed by atoms with Gasteiger partial charge in [-0.25, -0.2) is 9.78 Å². The fourth-order valence-electron chi connectivity index (χ4n) is 3.03. The summed E-state index contributed by atoms with van der Waals surface area (Å²) in [7, 11) is 0. The van der Waals surface area contributed by atoms with Crippen LogP contribution in [0.1, 0.15) is 44.9 Å². The molecule has 0 bridgehead atoms. The minimum atomic E-state index is -0.545. The lowest BCUT2D eigenvalue weighted by molar-refractivity contribution is -0.120. The van der Waals surface area contributed by atoms with Crippen LogP contribution in [-0.4, -0.2) is 39.5 Å². The lowest BCUT2D eigenvalue weighted by Gasteiger charge is -2.23. The molecular weight excluding hydrogens is 344 g/mol. The van der Waals surface area contributed by atoms with Crippen LogP contribution in [0.2, 0.25) is 0 Å². The zero-order chi connectivity index (χ0) is 19.4. The molecule has 2 aromatic rings. The van der Waals surface area contributed by atoms with Crippen LogP contribution in [0, 0.1) is 0 Å². The third-order valence-corrected chi connectivity index (χ3v) is 4.62. The molecule has 1 aliphatic rings. The largest absolute Gasteiger partial charge is 0.445 e. The maximum Gasteiger partial charge on any atom is 0.410 e. The van der Waals surface area contributed by atoms with Gasteiger partial charge in [-0.05, 0) is 18.4 Å². The molecule has 1 atom stereocenters. The van der Waals surface area contributed by atoms with Gasteiger partial charge in [0.2, 0.25) is 11.9 Å². The SMILES string of the molecule is CC(C)(C)c1cnc(NC(=O)C2CCCN2C(=O)OCc2ccccc2)[nH]1. The fourth-order valence-corrected chi connectivity index (χ4v) is 3.03. The van der Waals surface area contributed by atoms with E-state index in [-0.39, 0.29) is 17.9 Å². The Bertz CT molecular complexity index is 795. The number of aromatic amines is 1. The molecular formula is C20H26N4O3. The third kappa shape index (κ3) is 4.67. The molecule has 1 aromatic carbocycles. The first-order valence-corrected chi connectivity index (χ1v) is 9.18. The maximum atomic E-state index is 12.6. The Kier molecular flexibility index (Phi) is 5.48. The monoisotopic (exact) mass is 370 g/mol. The number of ether oxygens (including phenoxy) is 1. The highest BCUT2D eigenvalue weighted by atomic mass is 16.6. The minimum Gasteiger partial charge on any atom is -0.445 e. The third-order valence-electron chi connectivity index (χ3n) is 4.62. The number of rotatable bonds is 4. The van der Waals surface area contributed by atoms with Gasteiger partial charge >= 0.3 is 6.09 Å². The molecule has 1 aliphatic heterocycles. The van der Waals surface area contributed by atoms with E-state index in [1.165, 1.54) is 4.90 Å². The summed E-state index contributed by atoms with van der Waals surface area (Å²) in [6.45, 7) is 6.89. The van der Waals surface area contributed by atoms with Crippen LogP contribution in [0.15, 0.2) is 36.5 Å². The van der Waals surface area contributed by atoms with E-state index in [4.69, 9.17) is 4.74 Å². The molecule has 0 radical (unpaired) electrons. The van der Waals surface area contributed by atoms with Gasteiger partial charge in [-0.2, -0.15) is 0 Å². The van der Waals surface area contributed by atoms with Crippen molar-refractivity contribution in [3.63, 3.8) is 0 Å². The van der Waals surface area contributed by atoms with Crippen LogP contribution < -0.4 is 5.32 Å². The molecule has 0 spiro atoms. The molecule has 1 aromatic heterocycles. The number of H-pyrrole nitrogens is 1. The number of imidazole rings is 1. The molecule has 2 N–H and O–H groups in total. The molecule has 27 heavy (non-hydrogen) atoms. The van der Waals surface area contributed by atoms with Gasteiger partial charge in [-0.15, -0.1) is 0 Å². The van der Waals surface area contributed by atoms with Gasteiger partial charge in [0.05, 0.1) is 6.20 Å². The average Bonchev–Trinajstić information content (AvgIpc) is 3.29. The van der Waals surface area contributed by atoms with Crippen molar-refractivity contribution in [2.75, 3.05) is 11.9 Å². The molecule has 144 valence electrons. The second-order valence-corrected chi connectivity index (χ2v) is 7.78. The first-order chi connectivity index (χ1) is 12.8. The molecule has 1 unspecified atom stereocenters. The van der Waals surface area contributed by atoms with E-state index in [0.29, 0.717) is 18.9 Å². The number of benzene rings is 1. The summed E-state index contributed by atoms with van der Waals surface area (Å²) < 4.78 is 5.37. The van der Waals surface area contributed by atoms with E-state index in [0.717, 1.165) is 17.7 Å². The van der Waals surface area contributed by atoms with Crippen LogP contribution in [0.5, 0.6) is 0 Å². The summed E-state index contributed by atoms with van der Waals surface area (Å²) >= 11 is 0. The van der Waals surface area contributed by atoms with Gasteiger partial charge in [-0.3, -0.25) is 15.0 Å². The van der Waals surface area contributed by atoms with Crippen LogP contribution in [0.25, 0.3) is 0 Å². The molecule has 1 saturated heterocycles. The molecule has 0 aliphatic carbocycles. The summed E-state index contributed by atoms with van der Waals surface area (Å²) in [6, 6.07) is 8.94. The average molecular weight is 370 g/mol. The van der Waals surface area contributed by atoms with Crippen LogP contribution in [0.3, 0.4) is 0 Å². The zero-order valence-corrected chi connectivity index (χ0v) is 16.0. The summed E-state index contributed by atoms with van der Waals surface area (Å²) in [5.74, 6) is 0.147. The molecule has 2 amide bonds. The lowest BCUT2D eigenvalue weighted by atomic mass is 9.93. The smallest absolute Gasteiger partial charge is 0.410 e. The molecule has 1 fully saturated rings.